The highest BCUT2D eigenvalue weighted by atomic mass is 19.4. The molecule has 0 fully saturated rings. The van der Waals surface area contributed by atoms with Crippen LogP contribution >= 0.6 is 0 Å². The van der Waals surface area contributed by atoms with Gasteiger partial charge in [0, 0.05) is 43.1 Å². The first-order valence-corrected chi connectivity index (χ1v) is 40.4. The van der Waals surface area contributed by atoms with Crippen molar-refractivity contribution in [3.8, 4) is 92.0 Å². The Bertz CT molecular complexity index is 6120. The van der Waals surface area contributed by atoms with Crippen LogP contribution in [0, 0.1) is 13.8 Å². The molecule has 2 heterocycles. The normalized spacial score (nSPS) is 13.4. The first kappa shape index (κ1) is 82.2. The van der Waals surface area contributed by atoms with E-state index in [4.69, 9.17) is 37.9 Å². The summed E-state index contributed by atoms with van der Waals surface area (Å²) in [4.78, 5) is 70.3. The van der Waals surface area contributed by atoms with Crippen molar-refractivity contribution < 1.29 is 83.4 Å². The zero-order chi connectivity index (χ0) is 87.8. The summed E-state index contributed by atoms with van der Waals surface area (Å²) in [5.74, 6) is -2.96. The van der Waals surface area contributed by atoms with Crippen molar-refractivity contribution in [2.24, 2.45) is 0 Å². The minimum absolute atomic E-state index is 0.0280. The Morgan fingerprint density at radius 2 is 0.395 bits per heavy atom. The number of carbonyl (C=O) groups is 4. The lowest BCUT2D eigenvalue weighted by atomic mass is 9.80. The molecule has 0 spiro atoms. The quantitative estimate of drug-likeness (QED) is 0.0348. The molecule has 14 nitrogen and oxygen atoms in total. The van der Waals surface area contributed by atoms with Crippen molar-refractivity contribution in [2.45, 2.75) is 131 Å². The van der Waals surface area contributed by atoms with Gasteiger partial charge in [0.2, 0.25) is 0 Å². The minimum Gasteiger partial charge on any atom is -0.457 e. The second kappa shape index (κ2) is 30.5. The number of alkyl halides is 6. The average molecular weight is 1670 g/mol. The largest absolute Gasteiger partial charge is 0.457 e. The molecule has 0 unspecified atom stereocenters. The second-order valence-electron chi connectivity index (χ2n) is 35.4. The molecule has 17 rings (SSSR count). The zero-order valence-electron chi connectivity index (χ0n) is 70.3. The number of imide groups is 2. The average Bonchev–Trinajstić information content (AvgIpc) is 0.665. The number of amides is 4. The van der Waals surface area contributed by atoms with Gasteiger partial charge < -0.3 is 37.9 Å². The number of halogens is 6. The van der Waals surface area contributed by atoms with Crippen molar-refractivity contribution in [1.29, 1.82) is 0 Å². The van der Waals surface area contributed by atoms with Crippen molar-refractivity contribution in [3.05, 3.63) is 322 Å². The maximum atomic E-state index is 17.1. The van der Waals surface area contributed by atoms with Gasteiger partial charge in [-0.3, -0.25) is 19.2 Å². The van der Waals surface area contributed by atoms with Gasteiger partial charge in [-0.1, -0.05) is 179 Å². The van der Waals surface area contributed by atoms with Crippen LogP contribution in [0.5, 0.6) is 92.0 Å². The molecule has 0 atom stereocenters. The number of aryl methyl sites for hydroxylation is 2. The minimum atomic E-state index is -4.71. The lowest BCUT2D eigenvalue weighted by Crippen LogP contribution is -2.41. The number of nitrogens with zero attached hydrogens (tertiary/aromatic N) is 2. The topological polar surface area (TPSA) is 149 Å². The molecular formula is C104H84F6N2O12. The van der Waals surface area contributed by atoms with Gasteiger partial charge in [-0.05, 0) is 228 Å². The summed E-state index contributed by atoms with van der Waals surface area (Å²) in [6.07, 6.45) is -9.42. The van der Waals surface area contributed by atoms with Crippen LogP contribution in [0.3, 0.4) is 0 Å². The molecular weight excluding hydrogens is 1580 g/mol. The van der Waals surface area contributed by atoms with E-state index in [1.807, 2.05) is 86.6 Å². The van der Waals surface area contributed by atoms with Crippen LogP contribution in [0.4, 0.5) is 37.7 Å². The SMILES string of the molecule is Cc1ccc(Oc2cccc(Oc3ccc(C(F)(F)F)cc3)c2N2C(=O)c3cc(Oc4ccc(C(C)(C)C)cc4)c4c5c(Oc6ccc(C(C)(C)C)cc6)cc6c7c(cc(Oc8ccc(C(C)(C)C)cc8)c(c8c(Oc9ccc(C(C)(C)C)cc9)cc(c3c48)C2=O)c75)C(=O)N(c2c(Oc3ccc(C)cc3)cccc2Oc2ccc(C(F)(F)F)cc2)C6=O)cc1. The molecule has 0 aromatic heterocycles. The fourth-order valence-corrected chi connectivity index (χ4v) is 15.8. The number of para-hydroxylation sites is 2. The molecule has 15 aromatic carbocycles. The van der Waals surface area contributed by atoms with Gasteiger partial charge in [-0.25, -0.2) is 9.80 Å². The number of anilines is 2. The van der Waals surface area contributed by atoms with E-state index in [0.717, 1.165) is 91.7 Å². The first-order chi connectivity index (χ1) is 58.7. The summed E-state index contributed by atoms with van der Waals surface area (Å²) in [6.45, 7) is 28.6. The number of benzene rings is 15. The Morgan fingerprint density at radius 1 is 0.218 bits per heavy atom. The summed E-state index contributed by atoms with van der Waals surface area (Å²) < 4.78 is 142. The van der Waals surface area contributed by atoms with Crippen LogP contribution in [-0.4, -0.2) is 23.6 Å². The third kappa shape index (κ3) is 15.5. The third-order valence-corrected chi connectivity index (χ3v) is 22.4. The molecule has 0 radical (unpaired) electrons. The fourth-order valence-electron chi connectivity index (χ4n) is 15.8. The summed E-state index contributed by atoms with van der Waals surface area (Å²) >= 11 is 0. The maximum Gasteiger partial charge on any atom is 0.416 e. The maximum absolute atomic E-state index is 17.1. The number of hydrogen-bond donors (Lipinski definition) is 0. The molecule has 0 saturated heterocycles. The predicted molar refractivity (Wildman–Crippen MR) is 469 cm³/mol. The van der Waals surface area contributed by atoms with Crippen molar-refractivity contribution in [2.75, 3.05) is 9.80 Å². The Balaban J connectivity index is 1.02. The Kier molecular flexibility index (Phi) is 20.2. The van der Waals surface area contributed by atoms with Gasteiger partial charge in [-0.15, -0.1) is 0 Å². The number of ether oxygens (including phenoxy) is 8. The fraction of sp³-hybridized carbons (Fsp3) is 0.192. The van der Waals surface area contributed by atoms with E-state index < -0.39 is 47.1 Å². The van der Waals surface area contributed by atoms with E-state index >= 15 is 19.2 Å². The summed E-state index contributed by atoms with van der Waals surface area (Å²) in [5, 5.41) is 1.17. The van der Waals surface area contributed by atoms with Gasteiger partial charge >= 0.3 is 12.4 Å². The summed E-state index contributed by atoms with van der Waals surface area (Å²) in [6, 6.07) is 66.8. The lowest BCUT2D eigenvalue weighted by Gasteiger charge is -2.33. The van der Waals surface area contributed by atoms with E-state index in [1.54, 1.807) is 84.9 Å². The lowest BCUT2D eigenvalue weighted by molar-refractivity contribution is -0.138. The van der Waals surface area contributed by atoms with Crippen molar-refractivity contribution >= 4 is 78.1 Å². The summed E-state index contributed by atoms with van der Waals surface area (Å²) in [5.41, 5.74) is 1.25. The standard InChI is InChI=1S/C104H84F6N2O12/c1-57-21-37-65(38-22-57)117-77-17-15-19-79(119-67-49-33-63(34-50-67)103(105,106)107)93(77)111-95(113)73-53-81(121-69-41-25-59(26-42-69)99(3,4)5)87-89-83(123-71-45-29-61(30-46-71)101(9,10)11)55-75-86-76(98(116)112(97(75)115)94-78(118-66-39-23-58(2)24-40-66)18-16-20-80(94)120-68-51-35-64(36-52-68)104(108,109)110)56-84(124-72-47-31-62(32-48-72)102(12,13)14)90(92(86)89)88-82(54-74(96(111)114)85(73)91(87)88)122-70-43-27-60(28-44-70)100(6,7)8/h15-56H,1-14H3. The first-order valence-electron chi connectivity index (χ1n) is 40.4. The van der Waals surface area contributed by atoms with Gasteiger partial charge in [-0.2, -0.15) is 26.3 Å². The molecule has 0 N–H and O–H groups in total. The molecule has 2 aliphatic heterocycles. The highest BCUT2D eigenvalue weighted by Gasteiger charge is 2.46. The van der Waals surface area contributed by atoms with E-state index in [2.05, 4.69) is 83.1 Å². The molecule has 15 aromatic rings. The van der Waals surface area contributed by atoms with Crippen molar-refractivity contribution in [3.63, 3.8) is 0 Å². The zero-order valence-corrected chi connectivity index (χ0v) is 70.3. The molecule has 0 bridgehead atoms. The Hall–Kier alpha value is -14.1. The number of fused-ring (bicyclic) bond motifs is 2. The smallest absolute Gasteiger partial charge is 0.416 e. The highest BCUT2D eigenvalue weighted by Crippen LogP contribution is 2.60. The molecule has 0 aliphatic carbocycles. The van der Waals surface area contributed by atoms with Gasteiger partial charge in [0.15, 0.2) is 23.0 Å². The van der Waals surface area contributed by atoms with E-state index in [0.29, 0.717) is 0 Å². The molecule has 4 amide bonds. The molecule has 124 heavy (non-hydrogen) atoms. The molecule has 2 aliphatic rings. The van der Waals surface area contributed by atoms with E-state index in [9.17, 15) is 26.3 Å². The Morgan fingerprint density at radius 3 is 0.581 bits per heavy atom. The van der Waals surface area contributed by atoms with Gasteiger partial charge in [0.05, 0.1) is 33.4 Å². The monoisotopic (exact) mass is 1670 g/mol. The molecule has 20 heteroatoms. The molecule has 624 valence electrons. The van der Waals surface area contributed by atoms with E-state index in [-0.39, 0.29) is 190 Å². The van der Waals surface area contributed by atoms with Crippen LogP contribution < -0.4 is 47.7 Å². The van der Waals surface area contributed by atoms with Crippen LogP contribution in [0.25, 0.3) is 43.1 Å². The highest BCUT2D eigenvalue weighted by molar-refractivity contribution is 6.48. The van der Waals surface area contributed by atoms with Crippen molar-refractivity contribution in [1.82, 2.24) is 0 Å². The summed E-state index contributed by atoms with van der Waals surface area (Å²) in [7, 11) is 0. The molecule has 0 saturated carbocycles. The van der Waals surface area contributed by atoms with Crippen LogP contribution in [-0.2, 0) is 34.0 Å². The van der Waals surface area contributed by atoms with Crippen LogP contribution in [0.2, 0.25) is 0 Å². The number of carbonyl (C=O) groups excluding carboxylic acids is 4. The second-order valence-corrected chi connectivity index (χ2v) is 35.4. The predicted octanol–water partition coefficient (Wildman–Crippen LogP) is 29.5. The van der Waals surface area contributed by atoms with E-state index in [1.165, 1.54) is 48.5 Å². The van der Waals surface area contributed by atoms with Gasteiger partial charge in [0.1, 0.15) is 80.4 Å². The number of hydrogen-bond acceptors (Lipinski definition) is 12. The Labute approximate surface area is 712 Å². The third-order valence-electron chi connectivity index (χ3n) is 22.4. The van der Waals surface area contributed by atoms with Gasteiger partial charge in [0.25, 0.3) is 23.6 Å². The van der Waals surface area contributed by atoms with Crippen LogP contribution in [0.1, 0.15) is 169 Å². The number of rotatable bonds is 18. The van der Waals surface area contributed by atoms with Crippen LogP contribution in [0.15, 0.2) is 255 Å².